The summed E-state index contributed by atoms with van der Waals surface area (Å²) < 4.78 is 31.3. The highest BCUT2D eigenvalue weighted by molar-refractivity contribution is 5.81. The second-order valence-electron chi connectivity index (χ2n) is 10.9. The van der Waals surface area contributed by atoms with Crippen molar-refractivity contribution in [3.8, 4) is 11.5 Å². The molecule has 0 fully saturated rings. The number of ether oxygens (including phenoxy) is 6. The maximum atomic E-state index is 12.7. The first kappa shape index (κ1) is 35.7. The van der Waals surface area contributed by atoms with E-state index in [1.54, 1.807) is 13.0 Å². The van der Waals surface area contributed by atoms with Crippen molar-refractivity contribution in [2.24, 2.45) is 29.4 Å². The monoisotopic (exact) mass is 581 g/mol. The fourth-order valence-electron chi connectivity index (χ4n) is 3.29. The lowest BCUT2D eigenvalue weighted by molar-refractivity contribution is -0.153. The highest BCUT2D eigenvalue weighted by atomic mass is 16.7. The van der Waals surface area contributed by atoms with Crippen molar-refractivity contribution in [1.29, 1.82) is 0 Å². The van der Waals surface area contributed by atoms with Crippen molar-refractivity contribution in [3.05, 3.63) is 23.8 Å². The van der Waals surface area contributed by atoms with Crippen molar-refractivity contribution in [1.82, 2.24) is 0 Å². The molecule has 0 spiro atoms. The Balaban J connectivity index is 3.17. The molecule has 0 bridgehead atoms. The Hall–Kier alpha value is -3.34. The minimum Gasteiger partial charge on any atom is -0.468 e. The molecule has 0 aromatic heterocycles. The summed E-state index contributed by atoms with van der Waals surface area (Å²) in [7, 11) is 1.21. The highest BCUT2D eigenvalue weighted by Gasteiger charge is 2.36. The minimum absolute atomic E-state index is 0.0242. The molecule has 0 saturated heterocycles. The average molecular weight is 582 g/mol. The van der Waals surface area contributed by atoms with Crippen LogP contribution in [-0.2, 0) is 35.0 Å². The molecule has 3 unspecified atom stereocenters. The van der Waals surface area contributed by atoms with Gasteiger partial charge in [0.25, 0.3) is 0 Å². The number of nitrogens with two attached hydrogens (primary N) is 1. The topological polar surface area (TPSA) is 150 Å². The van der Waals surface area contributed by atoms with E-state index in [-0.39, 0.29) is 73.8 Å². The van der Waals surface area contributed by atoms with Gasteiger partial charge in [-0.25, -0.2) is 9.59 Å². The smallest absolute Gasteiger partial charge is 0.468 e. The number of hydrogen-bond donors (Lipinski definition) is 1. The predicted octanol–water partition coefficient (Wildman–Crippen LogP) is 5.45. The Labute approximate surface area is 243 Å². The summed E-state index contributed by atoms with van der Waals surface area (Å²) in [4.78, 5) is 49.7. The number of carbonyl (C=O) groups excluding carboxylic acids is 4. The van der Waals surface area contributed by atoms with Gasteiger partial charge in [-0.1, -0.05) is 67.4 Å². The van der Waals surface area contributed by atoms with Gasteiger partial charge in [0.15, 0.2) is 11.5 Å². The molecule has 4 atom stereocenters. The quantitative estimate of drug-likeness (QED) is 0.151. The SMILES string of the molecule is CCC(C)COC(=O)Oc1ccc(CC(N)(CCOC(=O)[C@@H](C)C(C)C)C(=O)OC)cc1OC(=O)OCC(C)CC. The van der Waals surface area contributed by atoms with Crippen molar-refractivity contribution in [3.63, 3.8) is 0 Å². The summed E-state index contributed by atoms with van der Waals surface area (Å²) in [5, 5.41) is 0. The van der Waals surface area contributed by atoms with E-state index in [0.717, 1.165) is 12.8 Å². The fourth-order valence-corrected chi connectivity index (χ4v) is 3.29. The summed E-state index contributed by atoms with van der Waals surface area (Å²) in [5.74, 6) is -1.27. The molecular formula is C30H47NO10. The van der Waals surface area contributed by atoms with Gasteiger partial charge in [0, 0.05) is 12.8 Å². The highest BCUT2D eigenvalue weighted by Crippen LogP contribution is 2.31. The molecule has 232 valence electrons. The maximum Gasteiger partial charge on any atom is 0.513 e. The van der Waals surface area contributed by atoms with E-state index in [9.17, 15) is 19.2 Å². The minimum atomic E-state index is -1.57. The average Bonchev–Trinajstić information content (AvgIpc) is 2.94. The third-order valence-electron chi connectivity index (χ3n) is 7.04. The first-order chi connectivity index (χ1) is 19.3. The van der Waals surface area contributed by atoms with Crippen LogP contribution < -0.4 is 15.2 Å². The second-order valence-corrected chi connectivity index (χ2v) is 10.9. The predicted molar refractivity (Wildman–Crippen MR) is 152 cm³/mol. The van der Waals surface area contributed by atoms with Gasteiger partial charge in [0.05, 0.1) is 32.8 Å². The number of hydrogen-bond acceptors (Lipinski definition) is 11. The van der Waals surface area contributed by atoms with E-state index in [1.807, 2.05) is 41.5 Å². The molecule has 1 rings (SSSR count). The van der Waals surface area contributed by atoms with Crippen molar-refractivity contribution in [2.45, 2.75) is 79.7 Å². The van der Waals surface area contributed by atoms with Crippen molar-refractivity contribution >= 4 is 24.2 Å². The lowest BCUT2D eigenvalue weighted by atomic mass is 9.88. The van der Waals surface area contributed by atoms with Gasteiger partial charge in [-0.3, -0.25) is 9.59 Å². The maximum absolute atomic E-state index is 12.7. The molecule has 1 aromatic carbocycles. The molecule has 0 saturated carbocycles. The molecule has 0 aliphatic carbocycles. The second kappa shape index (κ2) is 17.5. The fraction of sp³-hybridized carbons (Fsp3) is 0.667. The molecule has 0 radical (unpaired) electrons. The van der Waals surface area contributed by atoms with Crippen LogP contribution >= 0.6 is 0 Å². The van der Waals surface area contributed by atoms with Crippen LogP contribution in [0.5, 0.6) is 11.5 Å². The number of esters is 2. The first-order valence-corrected chi connectivity index (χ1v) is 14.1. The normalized spacial score (nSPS) is 14.7. The van der Waals surface area contributed by atoms with Crippen molar-refractivity contribution in [2.75, 3.05) is 26.9 Å². The van der Waals surface area contributed by atoms with Gasteiger partial charge in [0.1, 0.15) is 5.54 Å². The Kier molecular flexibility index (Phi) is 15.2. The van der Waals surface area contributed by atoms with Crippen LogP contribution in [0.25, 0.3) is 0 Å². The van der Waals surface area contributed by atoms with Crippen LogP contribution in [0.4, 0.5) is 9.59 Å². The van der Waals surface area contributed by atoms with Gasteiger partial charge in [-0.15, -0.1) is 0 Å². The number of benzene rings is 1. The van der Waals surface area contributed by atoms with E-state index in [0.29, 0.717) is 5.56 Å². The Bertz CT molecular complexity index is 1010. The zero-order chi connectivity index (χ0) is 31.2. The number of carbonyl (C=O) groups is 4. The summed E-state index contributed by atoms with van der Waals surface area (Å²) in [6, 6.07) is 4.38. The van der Waals surface area contributed by atoms with E-state index in [4.69, 9.17) is 34.2 Å². The zero-order valence-electron chi connectivity index (χ0n) is 25.7. The molecule has 0 amide bonds. The van der Waals surface area contributed by atoms with Crippen LogP contribution in [0.1, 0.15) is 73.3 Å². The Morgan fingerprint density at radius 2 is 1.37 bits per heavy atom. The zero-order valence-corrected chi connectivity index (χ0v) is 25.7. The molecule has 11 heteroatoms. The molecule has 0 heterocycles. The molecule has 0 aliphatic rings. The van der Waals surface area contributed by atoms with Crippen LogP contribution in [0, 0.1) is 23.7 Å². The Morgan fingerprint density at radius 3 is 1.85 bits per heavy atom. The molecule has 11 nitrogen and oxygen atoms in total. The van der Waals surface area contributed by atoms with Gasteiger partial charge in [0.2, 0.25) is 0 Å². The van der Waals surface area contributed by atoms with Gasteiger partial charge < -0.3 is 34.2 Å². The molecule has 2 N–H and O–H groups in total. The van der Waals surface area contributed by atoms with E-state index >= 15 is 0 Å². The summed E-state index contributed by atoms with van der Waals surface area (Å²) in [6.45, 7) is 13.6. The molecule has 41 heavy (non-hydrogen) atoms. The van der Waals surface area contributed by atoms with E-state index < -0.39 is 23.8 Å². The molecule has 1 aromatic rings. The largest absolute Gasteiger partial charge is 0.513 e. The Morgan fingerprint density at radius 1 is 0.829 bits per heavy atom. The standard InChI is InChI=1S/C30H47NO10/c1-9-20(5)17-38-28(34)40-24-12-11-23(15-25(24)41-29(35)39-18-21(6)10-2)16-30(31,27(33)36-8)13-14-37-26(32)22(7)19(3)4/h11-12,15,19-22H,9-10,13-14,16-18,31H2,1-8H3/t20?,21?,22-,30?/m0/s1. The van der Waals surface area contributed by atoms with Gasteiger partial charge in [-0.2, -0.15) is 0 Å². The number of rotatable bonds is 16. The van der Waals surface area contributed by atoms with Crippen LogP contribution in [0.3, 0.4) is 0 Å². The third kappa shape index (κ3) is 12.4. The summed E-state index contributed by atoms with van der Waals surface area (Å²) >= 11 is 0. The first-order valence-electron chi connectivity index (χ1n) is 14.1. The van der Waals surface area contributed by atoms with Gasteiger partial charge in [-0.05, 0) is 35.4 Å². The number of methoxy groups -OCH3 is 1. The lowest BCUT2D eigenvalue weighted by Gasteiger charge is -2.27. The van der Waals surface area contributed by atoms with E-state index in [1.165, 1.54) is 19.2 Å². The van der Waals surface area contributed by atoms with Crippen LogP contribution in [-0.4, -0.2) is 56.7 Å². The van der Waals surface area contributed by atoms with E-state index in [2.05, 4.69) is 0 Å². The molecule has 0 aliphatic heterocycles. The van der Waals surface area contributed by atoms with Gasteiger partial charge >= 0.3 is 24.2 Å². The third-order valence-corrected chi connectivity index (χ3v) is 7.04. The lowest BCUT2D eigenvalue weighted by Crippen LogP contribution is -2.51. The molecular weight excluding hydrogens is 534 g/mol. The van der Waals surface area contributed by atoms with Crippen LogP contribution in [0.2, 0.25) is 0 Å². The summed E-state index contributed by atoms with van der Waals surface area (Å²) in [5.41, 5.74) is 5.35. The van der Waals surface area contributed by atoms with Crippen molar-refractivity contribution < 1.29 is 47.6 Å². The summed E-state index contributed by atoms with van der Waals surface area (Å²) in [6.07, 6.45) is -0.418. The van der Waals surface area contributed by atoms with Crippen LogP contribution in [0.15, 0.2) is 18.2 Å².